The van der Waals surface area contributed by atoms with Crippen LogP contribution in [0.4, 0.5) is 18.9 Å². The zero-order valence-electron chi connectivity index (χ0n) is 18.0. The van der Waals surface area contributed by atoms with Gasteiger partial charge in [-0.25, -0.2) is 4.39 Å². The second-order valence-electron chi connectivity index (χ2n) is 9.18. The van der Waals surface area contributed by atoms with Crippen LogP contribution >= 0.6 is 0 Å². The number of anilines is 1. The molecule has 0 spiro atoms. The minimum absolute atomic E-state index is 0.0400. The summed E-state index contributed by atoms with van der Waals surface area (Å²) in [6.07, 6.45) is -3.80. The highest BCUT2D eigenvalue weighted by Crippen LogP contribution is 2.50. The van der Waals surface area contributed by atoms with Crippen molar-refractivity contribution in [2.45, 2.75) is 37.9 Å². The van der Waals surface area contributed by atoms with Crippen molar-refractivity contribution in [1.29, 1.82) is 0 Å². The molecular formula is C23H21F3N2O5. The zero-order valence-corrected chi connectivity index (χ0v) is 18.0. The highest BCUT2D eigenvalue weighted by Gasteiger charge is 2.49. The highest BCUT2D eigenvalue weighted by atomic mass is 19.3. The third-order valence-electron chi connectivity index (χ3n) is 6.20. The number of halogens is 3. The first-order chi connectivity index (χ1) is 15.4. The van der Waals surface area contributed by atoms with Gasteiger partial charge in [-0.2, -0.15) is 0 Å². The van der Waals surface area contributed by atoms with Crippen LogP contribution in [-0.4, -0.2) is 35.5 Å². The number of rotatable bonds is 4. The van der Waals surface area contributed by atoms with Crippen molar-refractivity contribution in [3.05, 3.63) is 47.4 Å². The summed E-state index contributed by atoms with van der Waals surface area (Å²) >= 11 is 0. The molecule has 174 valence electrons. The summed E-state index contributed by atoms with van der Waals surface area (Å²) in [5.41, 5.74) is -0.302. The van der Waals surface area contributed by atoms with E-state index >= 15 is 0 Å². The standard InChI is InChI=1S/C23H21F3N2O5/c1-21(2,9-29)19-5-11-4-15(13(24)7-14(11)27-19)28-20(30)22(3)10-31-16-8-18-17(6-12(16)22)32-23(25,26)33-18/h4-8,27,29H,9-10H2,1-3H3,(H,28,30)/t22-/m0/s1. The van der Waals surface area contributed by atoms with Crippen LogP contribution in [0.25, 0.3) is 10.9 Å². The van der Waals surface area contributed by atoms with Gasteiger partial charge in [0.25, 0.3) is 0 Å². The van der Waals surface area contributed by atoms with Crippen LogP contribution in [0.3, 0.4) is 0 Å². The number of aromatic amines is 1. The van der Waals surface area contributed by atoms with Gasteiger partial charge < -0.3 is 29.6 Å². The summed E-state index contributed by atoms with van der Waals surface area (Å²) in [7, 11) is 0. The van der Waals surface area contributed by atoms with Gasteiger partial charge in [0.05, 0.1) is 12.3 Å². The molecule has 2 aliphatic heterocycles. The molecule has 3 aromatic rings. The Bertz CT molecular complexity index is 1300. The number of H-pyrrole nitrogens is 1. The fraction of sp³-hybridized carbons (Fsp3) is 0.348. The third-order valence-corrected chi connectivity index (χ3v) is 6.20. The number of ether oxygens (including phenoxy) is 3. The van der Waals surface area contributed by atoms with E-state index < -0.39 is 28.8 Å². The third kappa shape index (κ3) is 3.36. The number of carbonyl (C=O) groups excluding carboxylic acids is 1. The molecule has 3 N–H and O–H groups in total. The molecule has 10 heteroatoms. The molecule has 0 aliphatic carbocycles. The molecule has 1 amide bonds. The summed E-state index contributed by atoms with van der Waals surface area (Å²) in [4.78, 5) is 16.3. The molecule has 0 radical (unpaired) electrons. The van der Waals surface area contributed by atoms with Gasteiger partial charge in [0.2, 0.25) is 5.91 Å². The van der Waals surface area contributed by atoms with Crippen LogP contribution in [0.2, 0.25) is 0 Å². The lowest BCUT2D eigenvalue weighted by Gasteiger charge is -2.22. The molecule has 0 fully saturated rings. The molecule has 5 rings (SSSR count). The Morgan fingerprint density at radius 1 is 1.15 bits per heavy atom. The maximum Gasteiger partial charge on any atom is 0.586 e. The van der Waals surface area contributed by atoms with Gasteiger partial charge in [-0.1, -0.05) is 13.8 Å². The Balaban J connectivity index is 1.46. The molecule has 33 heavy (non-hydrogen) atoms. The van der Waals surface area contributed by atoms with Crippen LogP contribution in [0, 0.1) is 5.82 Å². The number of hydrogen-bond donors (Lipinski definition) is 3. The first-order valence-corrected chi connectivity index (χ1v) is 10.2. The van der Waals surface area contributed by atoms with E-state index in [1.807, 2.05) is 13.8 Å². The predicted molar refractivity (Wildman–Crippen MR) is 112 cm³/mol. The molecule has 0 bridgehead atoms. The number of nitrogens with one attached hydrogen (secondary N) is 2. The Labute approximate surface area is 186 Å². The van der Waals surface area contributed by atoms with Gasteiger partial charge >= 0.3 is 6.29 Å². The van der Waals surface area contributed by atoms with Crippen molar-refractivity contribution in [2.24, 2.45) is 0 Å². The van der Waals surface area contributed by atoms with Gasteiger partial charge in [-0.3, -0.25) is 4.79 Å². The average molecular weight is 462 g/mol. The molecule has 0 unspecified atom stereocenters. The van der Waals surface area contributed by atoms with E-state index in [9.17, 15) is 23.1 Å². The lowest BCUT2D eigenvalue weighted by atomic mass is 9.83. The predicted octanol–water partition coefficient (Wildman–Crippen LogP) is 4.19. The van der Waals surface area contributed by atoms with Crippen molar-refractivity contribution >= 4 is 22.5 Å². The number of aliphatic hydroxyl groups is 1. The molecule has 0 saturated carbocycles. The minimum Gasteiger partial charge on any atom is -0.492 e. The van der Waals surface area contributed by atoms with Gasteiger partial charge in [0.1, 0.15) is 23.6 Å². The van der Waals surface area contributed by atoms with Crippen LogP contribution in [0.5, 0.6) is 17.2 Å². The number of carbonyl (C=O) groups is 1. The van der Waals surface area contributed by atoms with Crippen molar-refractivity contribution in [1.82, 2.24) is 4.98 Å². The van der Waals surface area contributed by atoms with Crippen molar-refractivity contribution in [2.75, 3.05) is 18.5 Å². The summed E-state index contributed by atoms with van der Waals surface area (Å²) in [5, 5.41) is 12.8. The first-order valence-electron chi connectivity index (χ1n) is 10.2. The van der Waals surface area contributed by atoms with Gasteiger partial charge in [0, 0.05) is 39.7 Å². The van der Waals surface area contributed by atoms with E-state index in [0.29, 0.717) is 16.5 Å². The Hall–Kier alpha value is -3.40. The maximum atomic E-state index is 14.8. The van der Waals surface area contributed by atoms with Gasteiger partial charge in [-0.05, 0) is 25.1 Å². The number of fused-ring (bicyclic) bond motifs is 3. The quantitative estimate of drug-likeness (QED) is 0.541. The van der Waals surface area contributed by atoms with Crippen molar-refractivity contribution < 1.29 is 37.3 Å². The zero-order chi connectivity index (χ0) is 23.8. The fourth-order valence-electron chi connectivity index (χ4n) is 3.98. The van der Waals surface area contributed by atoms with Gasteiger partial charge in [0.15, 0.2) is 11.5 Å². The van der Waals surface area contributed by atoms with E-state index in [4.69, 9.17) is 4.74 Å². The second kappa shape index (κ2) is 6.80. The molecule has 0 saturated heterocycles. The van der Waals surface area contributed by atoms with Crippen LogP contribution in [0.1, 0.15) is 32.0 Å². The largest absolute Gasteiger partial charge is 0.586 e. The van der Waals surface area contributed by atoms with Crippen molar-refractivity contribution in [3.8, 4) is 17.2 Å². The van der Waals surface area contributed by atoms with E-state index in [2.05, 4.69) is 19.8 Å². The Morgan fingerprint density at radius 3 is 2.55 bits per heavy atom. The summed E-state index contributed by atoms with van der Waals surface area (Å²) in [6.45, 7) is 5.08. The normalized spacial score (nSPS) is 20.6. The van der Waals surface area contributed by atoms with E-state index in [-0.39, 0.29) is 36.1 Å². The fourth-order valence-corrected chi connectivity index (χ4v) is 3.98. The average Bonchev–Trinajstić information content (AvgIpc) is 3.39. The van der Waals surface area contributed by atoms with E-state index in [1.54, 1.807) is 13.0 Å². The van der Waals surface area contributed by atoms with Crippen LogP contribution in [0.15, 0.2) is 30.3 Å². The molecule has 3 heterocycles. The Kier molecular flexibility index (Phi) is 4.42. The number of benzene rings is 2. The summed E-state index contributed by atoms with van der Waals surface area (Å²) in [6, 6.07) is 7.09. The maximum absolute atomic E-state index is 14.8. The smallest absolute Gasteiger partial charge is 0.492 e. The number of amides is 1. The number of aliphatic hydroxyl groups excluding tert-OH is 1. The molecule has 2 aromatic carbocycles. The molecule has 2 aliphatic rings. The minimum atomic E-state index is -3.80. The van der Waals surface area contributed by atoms with Crippen LogP contribution in [-0.2, 0) is 15.6 Å². The topological polar surface area (TPSA) is 92.8 Å². The number of aromatic nitrogens is 1. The first kappa shape index (κ1) is 21.4. The highest BCUT2D eigenvalue weighted by molar-refractivity contribution is 6.01. The van der Waals surface area contributed by atoms with E-state index in [0.717, 1.165) is 5.69 Å². The Morgan fingerprint density at radius 2 is 1.85 bits per heavy atom. The monoisotopic (exact) mass is 462 g/mol. The SMILES string of the molecule is CC(C)(CO)c1cc2cc(NC(=O)[C@@]3(C)COc4cc5c(cc43)OC(F)(F)O5)c(F)cc2[nH]1. The molecule has 7 nitrogen and oxygen atoms in total. The molecule has 1 atom stereocenters. The summed E-state index contributed by atoms with van der Waals surface area (Å²) < 4.78 is 56.1. The number of hydrogen-bond acceptors (Lipinski definition) is 5. The lowest BCUT2D eigenvalue weighted by Crippen LogP contribution is -2.39. The molecule has 1 aromatic heterocycles. The van der Waals surface area contributed by atoms with Crippen molar-refractivity contribution in [3.63, 3.8) is 0 Å². The van der Waals surface area contributed by atoms with Gasteiger partial charge in [-0.15, -0.1) is 8.78 Å². The van der Waals surface area contributed by atoms with E-state index in [1.165, 1.54) is 24.3 Å². The number of alkyl halides is 2. The second-order valence-corrected chi connectivity index (χ2v) is 9.18. The van der Waals surface area contributed by atoms with Crippen LogP contribution < -0.4 is 19.5 Å². The summed E-state index contributed by atoms with van der Waals surface area (Å²) in [5.74, 6) is -1.41. The molecular weight excluding hydrogens is 441 g/mol. The lowest BCUT2D eigenvalue weighted by molar-refractivity contribution is -0.286.